The van der Waals surface area contributed by atoms with Gasteiger partial charge in [0.15, 0.2) is 0 Å². The lowest BCUT2D eigenvalue weighted by molar-refractivity contribution is -0.0818. The Morgan fingerprint density at radius 3 is 2.67 bits per heavy atom. The van der Waals surface area contributed by atoms with Crippen LogP contribution in [-0.2, 0) is 0 Å². The number of hydrogen-bond acceptors (Lipinski definition) is 3. The molecule has 1 heterocycles. The zero-order valence-electron chi connectivity index (χ0n) is 13.4. The van der Waals surface area contributed by atoms with Crippen LogP contribution in [-0.4, -0.2) is 34.7 Å². The van der Waals surface area contributed by atoms with E-state index < -0.39 is 11.7 Å². The van der Waals surface area contributed by atoms with Crippen LogP contribution in [0.15, 0.2) is 18.2 Å². The largest absolute Gasteiger partial charge is 0.486 e. The second-order valence-electron chi connectivity index (χ2n) is 6.26. The number of aliphatic hydroxyl groups is 1. The van der Waals surface area contributed by atoms with E-state index >= 15 is 0 Å². The number of benzene rings is 1. The Hall–Kier alpha value is -1.13. The van der Waals surface area contributed by atoms with Crippen molar-refractivity contribution in [2.45, 2.75) is 58.3 Å². The van der Waals surface area contributed by atoms with Gasteiger partial charge in [-0.15, -0.1) is 0 Å². The van der Waals surface area contributed by atoms with Crippen molar-refractivity contribution in [3.8, 4) is 5.75 Å². The molecule has 0 saturated carbocycles. The zero-order chi connectivity index (χ0) is 15.6. The van der Waals surface area contributed by atoms with Crippen molar-refractivity contribution >= 4 is 0 Å². The van der Waals surface area contributed by atoms with Crippen molar-refractivity contribution in [3.05, 3.63) is 29.6 Å². The lowest BCUT2D eigenvalue weighted by Crippen LogP contribution is -2.58. The summed E-state index contributed by atoms with van der Waals surface area (Å²) >= 11 is 0. The van der Waals surface area contributed by atoms with Gasteiger partial charge < -0.3 is 9.84 Å². The molecule has 0 radical (unpaired) electrons. The van der Waals surface area contributed by atoms with Gasteiger partial charge in [-0.05, 0) is 51.6 Å². The summed E-state index contributed by atoms with van der Waals surface area (Å²) in [6.45, 7) is 9.95. The highest BCUT2D eigenvalue weighted by molar-refractivity contribution is 5.40. The predicted molar refractivity (Wildman–Crippen MR) is 82.0 cm³/mol. The van der Waals surface area contributed by atoms with Crippen LogP contribution in [0.2, 0.25) is 0 Å². The van der Waals surface area contributed by atoms with Crippen molar-refractivity contribution in [2.75, 3.05) is 13.1 Å². The van der Waals surface area contributed by atoms with E-state index in [2.05, 4.69) is 18.7 Å². The summed E-state index contributed by atoms with van der Waals surface area (Å²) in [5, 5.41) is 10.8. The molecule has 21 heavy (non-hydrogen) atoms. The molecule has 0 fully saturated rings. The van der Waals surface area contributed by atoms with Gasteiger partial charge >= 0.3 is 0 Å². The second kappa shape index (κ2) is 6.32. The van der Waals surface area contributed by atoms with E-state index in [0.717, 1.165) is 25.9 Å². The molecule has 0 amide bonds. The van der Waals surface area contributed by atoms with Crippen LogP contribution in [0.3, 0.4) is 0 Å². The first kappa shape index (κ1) is 16.2. The molecule has 4 heteroatoms. The van der Waals surface area contributed by atoms with Crippen LogP contribution in [0.4, 0.5) is 4.39 Å². The number of rotatable bonds is 5. The Bertz CT molecular complexity index is 490. The molecule has 0 saturated heterocycles. The molecule has 1 aromatic carbocycles. The smallest absolute Gasteiger partial charge is 0.126 e. The number of unbranched alkanes of at least 4 members (excludes halogenated alkanes) is 1. The highest BCUT2D eigenvalue weighted by atomic mass is 19.1. The van der Waals surface area contributed by atoms with Crippen LogP contribution >= 0.6 is 0 Å². The molecule has 1 aliphatic rings. The van der Waals surface area contributed by atoms with Gasteiger partial charge in [0.2, 0.25) is 0 Å². The third kappa shape index (κ3) is 3.22. The van der Waals surface area contributed by atoms with Gasteiger partial charge in [-0.2, -0.15) is 0 Å². The van der Waals surface area contributed by atoms with E-state index in [9.17, 15) is 9.50 Å². The minimum atomic E-state index is -0.740. The minimum absolute atomic E-state index is 0.177. The van der Waals surface area contributed by atoms with Crippen molar-refractivity contribution in [2.24, 2.45) is 0 Å². The first-order valence-corrected chi connectivity index (χ1v) is 7.81. The monoisotopic (exact) mass is 295 g/mol. The summed E-state index contributed by atoms with van der Waals surface area (Å²) in [6, 6.07) is 4.18. The van der Waals surface area contributed by atoms with Gasteiger partial charge in [0.25, 0.3) is 0 Å². The topological polar surface area (TPSA) is 32.7 Å². The van der Waals surface area contributed by atoms with E-state index in [0.29, 0.717) is 11.3 Å². The molecule has 3 nitrogen and oxygen atoms in total. The highest BCUT2D eigenvalue weighted by Crippen LogP contribution is 2.42. The van der Waals surface area contributed by atoms with Gasteiger partial charge in [0.1, 0.15) is 23.3 Å². The molecule has 118 valence electrons. The van der Waals surface area contributed by atoms with E-state index in [-0.39, 0.29) is 11.9 Å². The average molecular weight is 295 g/mol. The van der Waals surface area contributed by atoms with Gasteiger partial charge in [-0.25, -0.2) is 4.39 Å². The van der Waals surface area contributed by atoms with Crippen LogP contribution in [0, 0.1) is 5.82 Å². The highest BCUT2D eigenvalue weighted by Gasteiger charge is 2.45. The molecule has 2 unspecified atom stereocenters. The normalized spacial score (nSPS) is 23.8. The Kier molecular flexibility index (Phi) is 4.89. The Labute approximate surface area is 126 Å². The van der Waals surface area contributed by atoms with E-state index in [1.165, 1.54) is 12.1 Å². The number of hydrogen-bond donors (Lipinski definition) is 1. The van der Waals surface area contributed by atoms with Crippen molar-refractivity contribution in [1.82, 2.24) is 4.90 Å². The van der Waals surface area contributed by atoms with Gasteiger partial charge in [-0.1, -0.05) is 20.3 Å². The molecule has 0 aromatic heterocycles. The van der Waals surface area contributed by atoms with Crippen molar-refractivity contribution in [3.63, 3.8) is 0 Å². The summed E-state index contributed by atoms with van der Waals surface area (Å²) < 4.78 is 19.5. The van der Waals surface area contributed by atoms with Crippen LogP contribution < -0.4 is 4.74 Å². The molecule has 2 rings (SSSR count). The van der Waals surface area contributed by atoms with Crippen LogP contribution in [0.1, 0.15) is 52.2 Å². The number of nitrogens with zero attached hydrogens (tertiary/aromatic N) is 1. The molecule has 0 aliphatic carbocycles. The van der Waals surface area contributed by atoms with E-state index in [1.807, 2.05) is 13.8 Å². The minimum Gasteiger partial charge on any atom is -0.486 e. The molecule has 0 spiro atoms. The SMILES string of the molecule is CCCCN(CC)C1C(O)c2cc(F)ccc2OC1(C)C. The quantitative estimate of drug-likeness (QED) is 0.902. The predicted octanol–water partition coefficient (Wildman–Crippen LogP) is 3.52. The lowest BCUT2D eigenvalue weighted by Gasteiger charge is -2.48. The number of halogens is 1. The molecule has 2 atom stereocenters. The summed E-state index contributed by atoms with van der Waals surface area (Å²) in [5.74, 6) is 0.239. The van der Waals surface area contributed by atoms with Crippen molar-refractivity contribution in [1.29, 1.82) is 0 Å². The first-order valence-electron chi connectivity index (χ1n) is 7.81. The number of ether oxygens (including phenoxy) is 1. The number of fused-ring (bicyclic) bond motifs is 1. The van der Waals surface area contributed by atoms with Crippen LogP contribution in [0.5, 0.6) is 5.75 Å². The van der Waals surface area contributed by atoms with Crippen LogP contribution in [0.25, 0.3) is 0 Å². The van der Waals surface area contributed by atoms with E-state index in [4.69, 9.17) is 4.74 Å². The summed E-state index contributed by atoms with van der Waals surface area (Å²) in [6.07, 6.45) is 1.44. The van der Waals surface area contributed by atoms with Gasteiger partial charge in [0, 0.05) is 5.56 Å². The summed E-state index contributed by atoms with van der Waals surface area (Å²) in [5.41, 5.74) is 0.0304. The zero-order valence-corrected chi connectivity index (χ0v) is 13.4. The fourth-order valence-corrected chi connectivity index (χ4v) is 3.23. The van der Waals surface area contributed by atoms with Gasteiger partial charge in [0.05, 0.1) is 6.04 Å². The third-order valence-electron chi connectivity index (χ3n) is 4.27. The fraction of sp³-hybridized carbons (Fsp3) is 0.647. The molecule has 0 bridgehead atoms. The molecule has 1 N–H and O–H groups in total. The maximum Gasteiger partial charge on any atom is 0.126 e. The number of likely N-dealkylation sites (N-methyl/N-ethyl adjacent to an activating group) is 1. The van der Waals surface area contributed by atoms with E-state index in [1.54, 1.807) is 6.07 Å². The lowest BCUT2D eigenvalue weighted by atomic mass is 9.84. The average Bonchev–Trinajstić information content (AvgIpc) is 2.43. The molecular formula is C17H26FNO2. The summed E-state index contributed by atoms with van der Waals surface area (Å²) in [4.78, 5) is 2.24. The Morgan fingerprint density at radius 1 is 1.33 bits per heavy atom. The molecule has 1 aromatic rings. The second-order valence-corrected chi connectivity index (χ2v) is 6.26. The fourth-order valence-electron chi connectivity index (χ4n) is 3.23. The standard InChI is InChI=1S/C17H26FNO2/c1-5-7-10-19(6-2)16-15(20)13-11-12(18)8-9-14(13)21-17(16,3)4/h8-9,11,15-16,20H,5-7,10H2,1-4H3. The van der Waals surface area contributed by atoms with Gasteiger partial charge in [-0.3, -0.25) is 4.90 Å². The third-order valence-corrected chi connectivity index (χ3v) is 4.27. The summed E-state index contributed by atoms with van der Waals surface area (Å²) in [7, 11) is 0. The number of aliphatic hydroxyl groups excluding tert-OH is 1. The molecule has 1 aliphatic heterocycles. The maximum atomic E-state index is 13.5. The maximum absolute atomic E-state index is 13.5. The Morgan fingerprint density at radius 2 is 2.05 bits per heavy atom. The van der Waals surface area contributed by atoms with Crippen molar-refractivity contribution < 1.29 is 14.2 Å². The molecular weight excluding hydrogens is 269 g/mol. The Balaban J connectivity index is 2.36. The first-order chi connectivity index (χ1) is 9.90.